The quantitative estimate of drug-likeness (QED) is 0.750. The summed E-state index contributed by atoms with van der Waals surface area (Å²) in [7, 11) is 0. The summed E-state index contributed by atoms with van der Waals surface area (Å²) in [6, 6.07) is 11.9. The number of benzene rings is 2. The van der Waals surface area contributed by atoms with Crippen LogP contribution in [0.1, 0.15) is 5.56 Å². The molecule has 1 heterocycles. The molecular formula is C15H12BrCl2NO. The van der Waals surface area contributed by atoms with Gasteiger partial charge in [-0.15, -0.1) is 0 Å². The normalized spacial score (nSPS) is 16.6. The maximum atomic E-state index is 6.21. The van der Waals surface area contributed by atoms with Crippen LogP contribution in [0.3, 0.4) is 0 Å². The van der Waals surface area contributed by atoms with Crippen LogP contribution >= 0.6 is 39.1 Å². The van der Waals surface area contributed by atoms with Crippen molar-refractivity contribution in [3.63, 3.8) is 0 Å². The lowest BCUT2D eigenvalue weighted by atomic mass is 10.1. The van der Waals surface area contributed by atoms with Crippen molar-refractivity contribution in [2.45, 2.75) is 12.5 Å². The maximum absolute atomic E-state index is 6.21. The highest BCUT2D eigenvalue weighted by Crippen LogP contribution is 2.36. The van der Waals surface area contributed by atoms with Crippen LogP contribution < -0.4 is 10.1 Å². The maximum Gasteiger partial charge on any atom is 0.123 e. The molecule has 2 aromatic carbocycles. The molecule has 5 heteroatoms. The zero-order chi connectivity index (χ0) is 14.1. The van der Waals surface area contributed by atoms with Gasteiger partial charge < -0.3 is 10.1 Å². The van der Waals surface area contributed by atoms with Crippen molar-refractivity contribution in [2.75, 3.05) is 11.9 Å². The molecule has 104 valence electrons. The molecule has 1 aliphatic rings. The summed E-state index contributed by atoms with van der Waals surface area (Å²) < 4.78 is 6.67. The van der Waals surface area contributed by atoms with Crippen molar-refractivity contribution in [3.8, 4) is 5.75 Å². The lowest BCUT2D eigenvalue weighted by molar-refractivity contribution is 0.246. The zero-order valence-electron chi connectivity index (χ0n) is 10.5. The van der Waals surface area contributed by atoms with E-state index in [1.165, 1.54) is 5.56 Å². The second-order valence-electron chi connectivity index (χ2n) is 4.66. The van der Waals surface area contributed by atoms with E-state index in [4.69, 9.17) is 27.9 Å². The molecule has 0 spiro atoms. The first-order valence-electron chi connectivity index (χ1n) is 6.27. The Bertz CT molecular complexity index is 623. The number of para-hydroxylation sites is 1. The topological polar surface area (TPSA) is 21.3 Å². The van der Waals surface area contributed by atoms with Crippen molar-refractivity contribution >= 4 is 44.8 Å². The second kappa shape index (κ2) is 5.84. The molecule has 0 fully saturated rings. The zero-order valence-corrected chi connectivity index (χ0v) is 13.6. The monoisotopic (exact) mass is 371 g/mol. The van der Waals surface area contributed by atoms with Gasteiger partial charge >= 0.3 is 0 Å². The van der Waals surface area contributed by atoms with E-state index in [-0.39, 0.29) is 6.10 Å². The van der Waals surface area contributed by atoms with Gasteiger partial charge in [0.25, 0.3) is 0 Å². The van der Waals surface area contributed by atoms with Crippen molar-refractivity contribution < 1.29 is 4.74 Å². The van der Waals surface area contributed by atoms with Crippen molar-refractivity contribution in [1.29, 1.82) is 0 Å². The molecule has 20 heavy (non-hydrogen) atoms. The fourth-order valence-corrected chi connectivity index (χ4v) is 3.09. The van der Waals surface area contributed by atoms with Crippen molar-refractivity contribution in [3.05, 3.63) is 56.5 Å². The number of nitrogens with one attached hydrogen (secondary N) is 1. The second-order valence-corrected chi connectivity index (χ2v) is 6.27. The largest absolute Gasteiger partial charge is 0.488 e. The van der Waals surface area contributed by atoms with Gasteiger partial charge in [0.05, 0.1) is 22.3 Å². The predicted octanol–water partition coefficient (Wildman–Crippen LogP) is 5.17. The van der Waals surface area contributed by atoms with Gasteiger partial charge in [0.15, 0.2) is 0 Å². The van der Waals surface area contributed by atoms with Crippen LogP contribution in [0.15, 0.2) is 40.9 Å². The van der Waals surface area contributed by atoms with Gasteiger partial charge in [0.2, 0.25) is 0 Å². The standard InChI is InChI=1S/C15H12BrCl2NO/c16-11-5-6-12(15(18)14(11)17)19-8-10-7-9-3-1-2-4-13(9)20-10/h1-6,10,19H,7-8H2. The molecule has 1 unspecified atom stereocenters. The summed E-state index contributed by atoms with van der Waals surface area (Å²) in [6.07, 6.45) is 1.02. The minimum Gasteiger partial charge on any atom is -0.488 e. The fraction of sp³-hybridized carbons (Fsp3) is 0.200. The van der Waals surface area contributed by atoms with Crippen molar-refractivity contribution in [2.24, 2.45) is 0 Å². The number of hydrogen-bond acceptors (Lipinski definition) is 2. The van der Waals surface area contributed by atoms with E-state index < -0.39 is 0 Å². The lowest BCUT2D eigenvalue weighted by Crippen LogP contribution is -2.24. The molecular weight excluding hydrogens is 361 g/mol. The molecule has 0 radical (unpaired) electrons. The van der Waals surface area contributed by atoms with Crippen LogP contribution in [0.4, 0.5) is 5.69 Å². The molecule has 0 amide bonds. The van der Waals surface area contributed by atoms with Crippen LogP contribution in [0.2, 0.25) is 10.0 Å². The van der Waals surface area contributed by atoms with E-state index in [1.54, 1.807) is 0 Å². The van der Waals surface area contributed by atoms with Gasteiger partial charge in [-0.05, 0) is 39.7 Å². The number of rotatable bonds is 3. The Morgan fingerprint density at radius 1 is 1.15 bits per heavy atom. The highest BCUT2D eigenvalue weighted by molar-refractivity contribution is 9.10. The summed E-state index contributed by atoms with van der Waals surface area (Å²) in [5.74, 6) is 0.972. The number of halogens is 3. The number of ether oxygens (including phenoxy) is 1. The summed E-state index contributed by atoms with van der Waals surface area (Å²) in [5, 5.41) is 4.34. The average Bonchev–Trinajstić information content (AvgIpc) is 2.87. The summed E-state index contributed by atoms with van der Waals surface area (Å²) in [4.78, 5) is 0. The number of anilines is 1. The smallest absolute Gasteiger partial charge is 0.123 e. The Labute approximate surface area is 136 Å². The third kappa shape index (κ3) is 2.76. The molecule has 0 aliphatic carbocycles. The Morgan fingerprint density at radius 3 is 2.75 bits per heavy atom. The third-order valence-corrected chi connectivity index (χ3v) is 5.04. The predicted molar refractivity (Wildman–Crippen MR) is 87.2 cm³/mol. The van der Waals surface area contributed by atoms with E-state index >= 15 is 0 Å². The first-order chi connectivity index (χ1) is 9.65. The van der Waals surface area contributed by atoms with E-state index in [1.807, 2.05) is 30.3 Å². The van der Waals surface area contributed by atoms with Crippen LogP contribution in [0.25, 0.3) is 0 Å². The molecule has 1 N–H and O–H groups in total. The average molecular weight is 373 g/mol. The molecule has 2 nitrogen and oxygen atoms in total. The first-order valence-corrected chi connectivity index (χ1v) is 7.82. The molecule has 3 rings (SSSR count). The minimum absolute atomic E-state index is 0.117. The van der Waals surface area contributed by atoms with E-state index in [2.05, 4.69) is 27.3 Å². The molecule has 0 saturated heterocycles. The van der Waals surface area contributed by atoms with Crippen LogP contribution in [0.5, 0.6) is 5.75 Å². The first kappa shape index (κ1) is 14.1. The summed E-state index contributed by atoms with van der Waals surface area (Å²) in [5.41, 5.74) is 2.07. The summed E-state index contributed by atoms with van der Waals surface area (Å²) >= 11 is 15.7. The van der Waals surface area contributed by atoms with Gasteiger partial charge in [0, 0.05) is 10.9 Å². The van der Waals surface area contributed by atoms with Gasteiger partial charge in [-0.3, -0.25) is 0 Å². The van der Waals surface area contributed by atoms with Crippen molar-refractivity contribution in [1.82, 2.24) is 0 Å². The Balaban J connectivity index is 1.66. The molecule has 0 saturated carbocycles. The molecule has 0 aromatic heterocycles. The highest BCUT2D eigenvalue weighted by atomic mass is 79.9. The number of fused-ring (bicyclic) bond motifs is 1. The van der Waals surface area contributed by atoms with E-state index in [0.717, 1.165) is 22.3 Å². The minimum atomic E-state index is 0.117. The van der Waals surface area contributed by atoms with E-state index in [0.29, 0.717) is 16.6 Å². The van der Waals surface area contributed by atoms with Crippen LogP contribution in [0, 0.1) is 0 Å². The lowest BCUT2D eigenvalue weighted by Gasteiger charge is -2.14. The van der Waals surface area contributed by atoms with E-state index in [9.17, 15) is 0 Å². The van der Waals surface area contributed by atoms with Gasteiger partial charge in [-0.1, -0.05) is 41.4 Å². The Morgan fingerprint density at radius 2 is 1.95 bits per heavy atom. The Hall–Kier alpha value is -0.900. The SMILES string of the molecule is Clc1c(Br)ccc(NCC2Cc3ccccc3O2)c1Cl. The summed E-state index contributed by atoms with van der Waals surface area (Å²) in [6.45, 7) is 0.687. The van der Waals surface area contributed by atoms with Crippen LogP contribution in [-0.2, 0) is 6.42 Å². The van der Waals surface area contributed by atoms with Gasteiger partial charge in [0.1, 0.15) is 11.9 Å². The van der Waals surface area contributed by atoms with Crippen LogP contribution in [-0.4, -0.2) is 12.6 Å². The number of hydrogen-bond donors (Lipinski definition) is 1. The molecule has 0 bridgehead atoms. The molecule has 1 atom stereocenters. The van der Waals surface area contributed by atoms with Gasteiger partial charge in [-0.25, -0.2) is 0 Å². The van der Waals surface area contributed by atoms with Gasteiger partial charge in [-0.2, -0.15) is 0 Å². The highest BCUT2D eigenvalue weighted by Gasteiger charge is 2.22. The molecule has 2 aromatic rings. The molecule has 1 aliphatic heterocycles. The fourth-order valence-electron chi connectivity index (χ4n) is 2.25. The third-order valence-electron chi connectivity index (χ3n) is 3.27. The Kier molecular flexibility index (Phi) is 4.11.